The number of oxazole rings is 1. The van der Waals surface area contributed by atoms with Crippen LogP contribution in [0.2, 0.25) is 0 Å². The van der Waals surface area contributed by atoms with E-state index in [4.69, 9.17) is 15.9 Å². The van der Waals surface area contributed by atoms with Gasteiger partial charge in [0.1, 0.15) is 6.26 Å². The minimum absolute atomic E-state index is 0.155. The molecule has 0 aliphatic heterocycles. The molecule has 0 amide bonds. The van der Waals surface area contributed by atoms with Gasteiger partial charge in [-0.3, -0.25) is 0 Å². The highest BCUT2D eigenvalue weighted by molar-refractivity contribution is 7.80. The summed E-state index contributed by atoms with van der Waals surface area (Å²) in [6.45, 7) is 0.263. The maximum atomic E-state index is 5.25. The van der Waals surface area contributed by atoms with Crippen LogP contribution >= 0.6 is 12.2 Å². The van der Waals surface area contributed by atoms with Crippen molar-refractivity contribution < 1.29 is 4.42 Å². The molecule has 6 heteroatoms. The van der Waals surface area contributed by atoms with Gasteiger partial charge in [0, 0.05) is 0 Å². The second-order valence-electron chi connectivity index (χ2n) is 1.82. The Morgan fingerprint density at radius 1 is 1.82 bits per heavy atom. The number of hydrogen-bond acceptors (Lipinski definition) is 4. The van der Waals surface area contributed by atoms with Gasteiger partial charge in [-0.25, -0.2) is 0 Å². The number of nitrogens with one attached hydrogen (secondary N) is 1. The summed E-state index contributed by atoms with van der Waals surface area (Å²) in [6, 6.07) is 0. The van der Waals surface area contributed by atoms with E-state index < -0.39 is 0 Å². The third-order valence-corrected chi connectivity index (χ3v) is 1.08. The number of nitrogens with two attached hydrogens (primary N) is 2. The molecule has 1 heterocycles. The van der Waals surface area contributed by atoms with Crippen LogP contribution in [0, 0.1) is 0 Å². The van der Waals surface area contributed by atoms with Crippen molar-refractivity contribution in [2.45, 2.75) is 6.54 Å². The predicted octanol–water partition coefficient (Wildman–Crippen LogP) is -0.211. The summed E-state index contributed by atoms with van der Waals surface area (Å²) in [6.07, 6.45) is 1.40. The highest BCUT2D eigenvalue weighted by atomic mass is 32.1. The van der Waals surface area contributed by atoms with Gasteiger partial charge >= 0.3 is 0 Å². The van der Waals surface area contributed by atoms with E-state index in [0.29, 0.717) is 11.7 Å². The van der Waals surface area contributed by atoms with Crippen LogP contribution in [-0.2, 0) is 6.54 Å². The zero-order chi connectivity index (χ0) is 8.27. The first-order valence-electron chi connectivity index (χ1n) is 2.93. The van der Waals surface area contributed by atoms with E-state index in [1.807, 2.05) is 0 Å². The lowest BCUT2D eigenvalue weighted by atomic mass is 10.7. The quantitative estimate of drug-likeness (QED) is 0.535. The van der Waals surface area contributed by atoms with Gasteiger partial charge in [-0.1, -0.05) is 0 Å². The second-order valence-corrected chi connectivity index (χ2v) is 2.26. The topological polar surface area (TPSA) is 90.1 Å². The van der Waals surface area contributed by atoms with E-state index in [2.05, 4.69) is 22.5 Å². The number of anilines is 1. The first-order valence-corrected chi connectivity index (χ1v) is 3.34. The van der Waals surface area contributed by atoms with Gasteiger partial charge in [0.25, 0.3) is 0 Å². The fraction of sp³-hybridized carbons (Fsp3) is 0.200. The lowest BCUT2D eigenvalue weighted by molar-refractivity contribution is 0.498. The molecule has 0 fully saturated rings. The molecular formula is C5H8N4OS. The summed E-state index contributed by atoms with van der Waals surface area (Å²) in [5.74, 6) is 0.932. The molecule has 1 aromatic rings. The van der Waals surface area contributed by atoms with Crippen molar-refractivity contribution in [1.29, 1.82) is 0 Å². The normalized spacial score (nSPS) is 9.55. The maximum Gasteiger partial charge on any atom is 0.209 e. The number of aromatic nitrogens is 1. The third kappa shape index (κ3) is 2.17. The van der Waals surface area contributed by atoms with Crippen molar-refractivity contribution >= 4 is 23.1 Å². The van der Waals surface area contributed by atoms with Crippen LogP contribution in [0.3, 0.4) is 0 Å². The summed E-state index contributed by atoms with van der Waals surface area (Å²) in [5, 5.41) is 2.76. The minimum Gasteiger partial charge on any atom is -0.445 e. The Kier molecular flexibility index (Phi) is 2.40. The Morgan fingerprint density at radius 3 is 3.00 bits per heavy atom. The lowest BCUT2D eigenvalue weighted by Crippen LogP contribution is -2.19. The van der Waals surface area contributed by atoms with Crippen molar-refractivity contribution in [3.63, 3.8) is 0 Å². The Bertz CT molecular complexity index is 259. The molecule has 11 heavy (non-hydrogen) atoms. The summed E-state index contributed by atoms with van der Waals surface area (Å²) in [5.41, 5.74) is 10.4. The summed E-state index contributed by atoms with van der Waals surface area (Å²) >= 11 is 4.58. The largest absolute Gasteiger partial charge is 0.445 e. The smallest absolute Gasteiger partial charge is 0.209 e. The number of thiocarbonyl (C=S) groups is 1. The molecule has 0 atom stereocenters. The molecule has 1 aromatic heterocycles. The molecular weight excluding hydrogens is 164 g/mol. The molecule has 0 bridgehead atoms. The van der Waals surface area contributed by atoms with E-state index in [0.717, 1.165) is 0 Å². The average Bonchev–Trinajstić information content (AvgIpc) is 2.34. The van der Waals surface area contributed by atoms with E-state index in [1.54, 1.807) is 0 Å². The first kappa shape index (κ1) is 7.96. The van der Waals surface area contributed by atoms with Crippen molar-refractivity contribution in [1.82, 2.24) is 4.98 Å². The maximum absolute atomic E-state index is 5.25. The Hall–Kier alpha value is -1.14. The molecule has 0 spiro atoms. The molecule has 5 N–H and O–H groups in total. The van der Waals surface area contributed by atoms with E-state index in [9.17, 15) is 0 Å². The van der Waals surface area contributed by atoms with Gasteiger partial charge in [-0.05, 0) is 12.2 Å². The van der Waals surface area contributed by atoms with Crippen LogP contribution in [0.5, 0.6) is 0 Å². The number of rotatable bonds is 2. The molecule has 0 aromatic carbocycles. The van der Waals surface area contributed by atoms with Crippen LogP contribution in [0.1, 0.15) is 5.89 Å². The van der Waals surface area contributed by atoms with Crippen molar-refractivity contribution in [3.05, 3.63) is 12.2 Å². The van der Waals surface area contributed by atoms with Gasteiger partial charge in [-0.15, -0.1) is 0 Å². The fourth-order valence-electron chi connectivity index (χ4n) is 0.588. The number of hydrogen-bond donors (Lipinski definition) is 3. The molecule has 0 unspecified atom stereocenters. The SMILES string of the molecule is NCc1nc(NC(N)=S)co1. The van der Waals surface area contributed by atoms with Crippen molar-refractivity contribution in [2.75, 3.05) is 5.32 Å². The molecule has 0 saturated heterocycles. The second kappa shape index (κ2) is 3.31. The Balaban J connectivity index is 2.65. The highest BCUT2D eigenvalue weighted by Crippen LogP contribution is 2.05. The van der Waals surface area contributed by atoms with Gasteiger partial charge in [-0.2, -0.15) is 4.98 Å². The molecule has 60 valence electrons. The van der Waals surface area contributed by atoms with Crippen LogP contribution in [0.15, 0.2) is 10.7 Å². The lowest BCUT2D eigenvalue weighted by Gasteiger charge is -1.94. The fourth-order valence-corrected chi connectivity index (χ4v) is 0.693. The van der Waals surface area contributed by atoms with Gasteiger partial charge in [0.15, 0.2) is 10.9 Å². The molecule has 0 saturated carbocycles. The van der Waals surface area contributed by atoms with E-state index in [-0.39, 0.29) is 11.7 Å². The van der Waals surface area contributed by atoms with Crippen LogP contribution in [0.4, 0.5) is 5.82 Å². The van der Waals surface area contributed by atoms with E-state index >= 15 is 0 Å². The Labute approximate surface area is 68.8 Å². The van der Waals surface area contributed by atoms with E-state index in [1.165, 1.54) is 6.26 Å². The molecule has 0 radical (unpaired) electrons. The molecule has 0 aliphatic rings. The summed E-state index contributed by atoms with van der Waals surface area (Å²) in [4.78, 5) is 3.90. The molecule has 5 nitrogen and oxygen atoms in total. The first-order chi connectivity index (χ1) is 5.22. The van der Waals surface area contributed by atoms with Crippen LogP contribution < -0.4 is 16.8 Å². The Morgan fingerprint density at radius 2 is 2.55 bits per heavy atom. The molecule has 1 rings (SSSR count). The minimum atomic E-state index is 0.155. The van der Waals surface area contributed by atoms with Crippen LogP contribution in [-0.4, -0.2) is 10.1 Å². The molecule has 0 aliphatic carbocycles. The third-order valence-electron chi connectivity index (χ3n) is 0.978. The highest BCUT2D eigenvalue weighted by Gasteiger charge is 2.00. The predicted molar refractivity (Wildman–Crippen MR) is 44.8 cm³/mol. The average molecular weight is 172 g/mol. The van der Waals surface area contributed by atoms with Gasteiger partial charge in [0.2, 0.25) is 5.89 Å². The van der Waals surface area contributed by atoms with Crippen molar-refractivity contribution in [2.24, 2.45) is 11.5 Å². The zero-order valence-electron chi connectivity index (χ0n) is 5.70. The van der Waals surface area contributed by atoms with Gasteiger partial charge in [0.05, 0.1) is 6.54 Å². The standard InChI is InChI=1S/C5H8N4OS/c6-1-4-8-3(2-10-4)9-5(7)11/h2H,1,6H2,(H3,7,9,11). The monoisotopic (exact) mass is 172 g/mol. The van der Waals surface area contributed by atoms with Gasteiger partial charge < -0.3 is 21.2 Å². The number of nitrogens with zero attached hydrogens (tertiary/aromatic N) is 1. The van der Waals surface area contributed by atoms with Crippen molar-refractivity contribution in [3.8, 4) is 0 Å². The summed E-state index contributed by atoms with van der Waals surface area (Å²) < 4.78 is 4.90. The summed E-state index contributed by atoms with van der Waals surface area (Å²) in [7, 11) is 0. The van der Waals surface area contributed by atoms with Crippen LogP contribution in [0.25, 0.3) is 0 Å². The zero-order valence-corrected chi connectivity index (χ0v) is 6.52.